The summed E-state index contributed by atoms with van der Waals surface area (Å²) in [5, 5.41) is 4.07. The van der Waals surface area contributed by atoms with E-state index in [4.69, 9.17) is 4.74 Å². The Bertz CT molecular complexity index is 1750. The van der Waals surface area contributed by atoms with Gasteiger partial charge in [0.2, 0.25) is 5.91 Å². The summed E-state index contributed by atoms with van der Waals surface area (Å²) in [6.45, 7) is 5.13. The molecule has 4 aromatic rings. The summed E-state index contributed by atoms with van der Waals surface area (Å²) in [6, 6.07) is 13.8. The van der Waals surface area contributed by atoms with Gasteiger partial charge in [-0.2, -0.15) is 0 Å². The lowest BCUT2D eigenvalue weighted by Gasteiger charge is -2.32. The van der Waals surface area contributed by atoms with Crippen molar-refractivity contribution in [3.8, 4) is 5.75 Å². The number of ether oxygens (including phenoxy) is 1. The molecule has 0 radical (unpaired) electrons. The number of anilines is 1. The zero-order chi connectivity index (χ0) is 30.1. The second kappa shape index (κ2) is 12.2. The molecule has 0 aliphatic carbocycles. The third-order valence-corrected chi connectivity index (χ3v) is 9.20. The average Bonchev–Trinajstić information content (AvgIpc) is 3.51. The summed E-state index contributed by atoms with van der Waals surface area (Å²) in [4.78, 5) is 46.7. The van der Waals surface area contributed by atoms with Gasteiger partial charge in [-0.3, -0.25) is 19.4 Å². The minimum atomic E-state index is -0.142. The number of ketones is 1. The molecule has 1 fully saturated rings. The monoisotopic (exact) mass is 596 g/mol. The van der Waals surface area contributed by atoms with Gasteiger partial charge in [0.25, 0.3) is 5.91 Å². The number of piperidine rings is 1. The predicted molar refractivity (Wildman–Crippen MR) is 171 cm³/mol. The van der Waals surface area contributed by atoms with Gasteiger partial charge in [-0.15, -0.1) is 11.3 Å². The smallest absolute Gasteiger partial charge is 0.256 e. The number of Topliss-reactive ketones (excluding diaryl/α,β-unsaturated/α-hetero) is 1. The van der Waals surface area contributed by atoms with Crippen molar-refractivity contribution in [3.63, 3.8) is 0 Å². The number of aromatic nitrogens is 1. The highest BCUT2D eigenvalue weighted by molar-refractivity contribution is 7.19. The van der Waals surface area contributed by atoms with E-state index < -0.39 is 0 Å². The third kappa shape index (κ3) is 6.27. The molecule has 1 atom stereocenters. The van der Waals surface area contributed by atoms with Gasteiger partial charge in [-0.1, -0.05) is 6.07 Å². The fourth-order valence-electron chi connectivity index (χ4n) is 5.96. The van der Waals surface area contributed by atoms with Crippen LogP contribution in [0.15, 0.2) is 53.7 Å². The SMILES string of the molecule is Cc1cc2cc(CC(=O)c3cc(NC(=O)CCCOc4cc5c(cc4C)C(=O)N4CCCC[C@H]4C=N5)cn3C)ccc2s1. The first-order valence-electron chi connectivity index (χ1n) is 14.9. The Labute approximate surface area is 255 Å². The Balaban J connectivity index is 1.01. The number of rotatable bonds is 9. The number of carbonyl (C=O) groups is 3. The molecule has 2 aliphatic rings. The van der Waals surface area contributed by atoms with Gasteiger partial charge in [-0.25, -0.2) is 0 Å². The minimum Gasteiger partial charge on any atom is -0.493 e. The molecule has 0 saturated carbocycles. The molecule has 2 amide bonds. The van der Waals surface area contributed by atoms with E-state index in [0.29, 0.717) is 47.8 Å². The molecule has 1 N–H and O–H groups in total. The number of nitrogens with one attached hydrogen (secondary N) is 1. The number of hydrogen-bond donors (Lipinski definition) is 1. The first-order chi connectivity index (χ1) is 20.7. The second-order valence-electron chi connectivity index (χ2n) is 11.5. The summed E-state index contributed by atoms with van der Waals surface area (Å²) < 4.78 is 8.99. The normalized spacial score (nSPS) is 16.1. The van der Waals surface area contributed by atoms with Crippen LogP contribution in [0.3, 0.4) is 0 Å². The van der Waals surface area contributed by atoms with Crippen molar-refractivity contribution in [2.75, 3.05) is 18.5 Å². The van der Waals surface area contributed by atoms with Crippen LogP contribution in [0, 0.1) is 13.8 Å². The maximum atomic E-state index is 13.1. The van der Waals surface area contributed by atoms with Crippen LogP contribution in [0.4, 0.5) is 11.4 Å². The number of thiophene rings is 1. The number of amides is 2. The van der Waals surface area contributed by atoms with Crippen LogP contribution in [-0.4, -0.2) is 52.5 Å². The van der Waals surface area contributed by atoms with E-state index in [-0.39, 0.29) is 30.1 Å². The average molecular weight is 597 g/mol. The van der Waals surface area contributed by atoms with Crippen LogP contribution < -0.4 is 10.1 Å². The summed E-state index contributed by atoms with van der Waals surface area (Å²) in [7, 11) is 1.81. The maximum Gasteiger partial charge on any atom is 0.256 e. The fourth-order valence-corrected chi connectivity index (χ4v) is 6.86. The van der Waals surface area contributed by atoms with Crippen LogP contribution in [0.25, 0.3) is 10.1 Å². The summed E-state index contributed by atoms with van der Waals surface area (Å²) in [5.74, 6) is 0.561. The zero-order valence-electron chi connectivity index (χ0n) is 24.8. The molecule has 6 rings (SSSR count). The van der Waals surface area contributed by atoms with Crippen LogP contribution in [0.2, 0.25) is 0 Å². The van der Waals surface area contributed by atoms with Crippen LogP contribution >= 0.6 is 11.3 Å². The first-order valence-corrected chi connectivity index (χ1v) is 15.7. The number of benzene rings is 2. The Morgan fingerprint density at radius 2 is 1.98 bits per heavy atom. The fraction of sp³-hybridized carbons (Fsp3) is 0.353. The lowest BCUT2D eigenvalue weighted by atomic mass is 10.0. The Kier molecular flexibility index (Phi) is 8.17. The number of hydrogen-bond acceptors (Lipinski definition) is 6. The number of aliphatic imine (C=N–C) groups is 1. The highest BCUT2D eigenvalue weighted by Crippen LogP contribution is 2.34. The van der Waals surface area contributed by atoms with E-state index in [1.54, 1.807) is 28.2 Å². The van der Waals surface area contributed by atoms with E-state index in [1.165, 1.54) is 9.58 Å². The minimum absolute atomic E-state index is 0.000748. The van der Waals surface area contributed by atoms with Crippen molar-refractivity contribution >= 4 is 56.6 Å². The standard InChI is InChI=1S/C34H36N4O4S/c1-21-13-27-28(35-19-26-7-4-5-11-38(26)34(27)41)18-31(21)42-12-6-8-33(40)36-25-17-29(37(3)20-25)30(39)16-23-9-10-32-24(15-23)14-22(2)43-32/h9-10,13-15,17-20,26H,4-8,11-12,16H2,1-3H3,(H,36,40)/t26-/m0/s1. The molecule has 0 spiro atoms. The van der Waals surface area contributed by atoms with Crippen LogP contribution in [-0.2, 0) is 18.3 Å². The van der Waals surface area contributed by atoms with Gasteiger partial charge in [0.15, 0.2) is 5.78 Å². The number of nitrogens with zero attached hydrogens (tertiary/aromatic N) is 3. The number of carbonyl (C=O) groups excluding carboxylic acids is 3. The topological polar surface area (TPSA) is 93.0 Å². The maximum absolute atomic E-state index is 13.1. The molecule has 8 nitrogen and oxygen atoms in total. The van der Waals surface area contributed by atoms with Crippen molar-refractivity contribution in [2.45, 2.75) is 58.4 Å². The third-order valence-electron chi connectivity index (χ3n) is 8.17. The summed E-state index contributed by atoms with van der Waals surface area (Å²) >= 11 is 1.75. The number of fused-ring (bicyclic) bond motifs is 3. The molecule has 222 valence electrons. The molecular formula is C34H36N4O4S. The molecule has 1 saturated heterocycles. The highest BCUT2D eigenvalue weighted by atomic mass is 32.1. The van der Waals surface area contributed by atoms with Crippen LogP contribution in [0.5, 0.6) is 5.75 Å². The van der Waals surface area contributed by atoms with Gasteiger partial charge in [0.1, 0.15) is 5.75 Å². The zero-order valence-corrected chi connectivity index (χ0v) is 25.6. The van der Waals surface area contributed by atoms with E-state index in [9.17, 15) is 14.4 Å². The Morgan fingerprint density at radius 3 is 2.84 bits per heavy atom. The molecule has 2 aliphatic heterocycles. The first kappa shape index (κ1) is 28.9. The van der Waals surface area contributed by atoms with Gasteiger partial charge >= 0.3 is 0 Å². The molecule has 0 bridgehead atoms. The molecule has 9 heteroatoms. The van der Waals surface area contributed by atoms with Gasteiger partial charge < -0.3 is 19.5 Å². The van der Waals surface area contributed by atoms with Crippen molar-refractivity contribution < 1.29 is 19.1 Å². The number of aryl methyl sites for hydroxylation is 3. The predicted octanol–water partition coefficient (Wildman–Crippen LogP) is 6.79. The summed E-state index contributed by atoms with van der Waals surface area (Å²) in [6.07, 6.45) is 7.82. The van der Waals surface area contributed by atoms with E-state index in [1.807, 2.05) is 43.3 Å². The van der Waals surface area contributed by atoms with E-state index >= 15 is 0 Å². The molecule has 2 aromatic heterocycles. The van der Waals surface area contributed by atoms with E-state index in [0.717, 1.165) is 42.3 Å². The molecule has 0 unspecified atom stereocenters. The quantitative estimate of drug-likeness (QED) is 0.170. The second-order valence-corrected chi connectivity index (χ2v) is 12.8. The Morgan fingerprint density at radius 1 is 1.12 bits per heavy atom. The van der Waals surface area contributed by atoms with Crippen molar-refractivity contribution in [1.82, 2.24) is 9.47 Å². The van der Waals surface area contributed by atoms with Crippen molar-refractivity contribution in [3.05, 3.63) is 75.9 Å². The van der Waals surface area contributed by atoms with Gasteiger partial charge in [-0.05, 0) is 86.4 Å². The van der Waals surface area contributed by atoms with Crippen molar-refractivity contribution in [2.24, 2.45) is 12.0 Å². The highest BCUT2D eigenvalue weighted by Gasteiger charge is 2.30. The Hall–Kier alpha value is -4.24. The molecule has 4 heterocycles. The largest absolute Gasteiger partial charge is 0.493 e. The van der Waals surface area contributed by atoms with E-state index in [2.05, 4.69) is 35.4 Å². The van der Waals surface area contributed by atoms with Gasteiger partial charge in [0, 0.05) is 54.5 Å². The summed E-state index contributed by atoms with van der Waals surface area (Å²) in [5.41, 5.74) is 4.24. The molecule has 43 heavy (non-hydrogen) atoms. The lowest BCUT2D eigenvalue weighted by Crippen LogP contribution is -2.43. The van der Waals surface area contributed by atoms with Crippen LogP contribution in [0.1, 0.15) is 69.0 Å². The van der Waals surface area contributed by atoms with Crippen molar-refractivity contribution in [1.29, 1.82) is 0 Å². The molecule has 2 aromatic carbocycles. The molecular weight excluding hydrogens is 560 g/mol. The van der Waals surface area contributed by atoms with Gasteiger partial charge in [0.05, 0.1) is 35.3 Å². The lowest BCUT2D eigenvalue weighted by molar-refractivity contribution is -0.116.